The molecule has 1 aliphatic heterocycles. The Bertz CT molecular complexity index is 1080. The smallest absolute Gasteiger partial charge is 0.407 e. The van der Waals surface area contributed by atoms with Crippen molar-refractivity contribution in [2.75, 3.05) is 17.2 Å². The van der Waals surface area contributed by atoms with Crippen LogP contribution in [0, 0.1) is 5.41 Å². The van der Waals surface area contributed by atoms with Crippen LogP contribution in [-0.2, 0) is 25.5 Å². The highest BCUT2D eigenvalue weighted by molar-refractivity contribution is 5.98. The van der Waals surface area contributed by atoms with Gasteiger partial charge in [-0.3, -0.25) is 14.9 Å². The lowest BCUT2D eigenvalue weighted by molar-refractivity contribution is -0.139. The fraction of sp³-hybridized carbons (Fsp3) is 0.435. The van der Waals surface area contributed by atoms with Crippen molar-refractivity contribution in [2.45, 2.75) is 52.2 Å². The third-order valence-corrected chi connectivity index (χ3v) is 4.92. The summed E-state index contributed by atoms with van der Waals surface area (Å²) in [6.07, 6.45) is 1.57. The zero-order chi connectivity index (χ0) is 25.6. The summed E-state index contributed by atoms with van der Waals surface area (Å²) in [4.78, 5) is 54.8. The Labute approximate surface area is 201 Å². The summed E-state index contributed by atoms with van der Waals surface area (Å²) in [6.45, 7) is 5.80. The van der Waals surface area contributed by atoms with Gasteiger partial charge in [0.05, 0.1) is 12.3 Å². The number of carboxylic acid groups (broad SMARTS) is 1. The number of carboxylic acids is 1. The van der Waals surface area contributed by atoms with Crippen molar-refractivity contribution in [3.8, 4) is 5.75 Å². The molecule has 0 fully saturated rings. The molecule has 0 aliphatic carbocycles. The highest BCUT2D eigenvalue weighted by atomic mass is 16.5. The second-order valence-electron chi connectivity index (χ2n) is 9.33. The lowest BCUT2D eigenvalue weighted by Crippen LogP contribution is -2.43. The molecular weight excluding hydrogens is 458 g/mol. The Balaban J connectivity index is 1.56. The van der Waals surface area contributed by atoms with Gasteiger partial charge in [0, 0.05) is 31.7 Å². The number of aromatic amines is 1. The van der Waals surface area contributed by atoms with E-state index in [0.717, 1.165) is 0 Å². The molecule has 3 amide bonds. The van der Waals surface area contributed by atoms with E-state index in [0.29, 0.717) is 22.9 Å². The number of hydrogen-bond donors (Lipinski definition) is 5. The summed E-state index contributed by atoms with van der Waals surface area (Å²) in [5.74, 6) is -1.24. The van der Waals surface area contributed by atoms with E-state index in [-0.39, 0.29) is 37.2 Å². The second-order valence-corrected chi connectivity index (χ2v) is 9.33. The van der Waals surface area contributed by atoms with Crippen molar-refractivity contribution in [3.05, 3.63) is 36.2 Å². The number of aromatic nitrogens is 2. The number of carbonyl (C=O) groups is 4. The van der Waals surface area contributed by atoms with Gasteiger partial charge in [0.1, 0.15) is 11.8 Å². The third-order valence-electron chi connectivity index (χ3n) is 4.92. The van der Waals surface area contributed by atoms with Crippen LogP contribution in [-0.4, -0.2) is 57.7 Å². The fourth-order valence-corrected chi connectivity index (χ4v) is 3.21. The summed E-state index contributed by atoms with van der Waals surface area (Å²) in [7, 11) is 0. The number of fused-ring (bicyclic) bond motifs is 1. The van der Waals surface area contributed by atoms with Gasteiger partial charge < -0.3 is 30.2 Å². The van der Waals surface area contributed by atoms with Crippen molar-refractivity contribution in [2.24, 2.45) is 5.41 Å². The van der Waals surface area contributed by atoms with E-state index in [9.17, 15) is 24.3 Å². The van der Waals surface area contributed by atoms with E-state index in [4.69, 9.17) is 9.47 Å². The monoisotopic (exact) mass is 487 g/mol. The number of ether oxygens (including phenoxy) is 2. The number of alkyl carbamates (subject to hydrolysis) is 1. The average Bonchev–Trinajstić information content (AvgIpc) is 3.28. The Hall–Kier alpha value is -4.09. The first kappa shape index (κ1) is 25.5. The molecule has 1 aromatic heterocycles. The summed E-state index contributed by atoms with van der Waals surface area (Å²) in [5, 5.41) is 17.2. The molecule has 35 heavy (non-hydrogen) atoms. The number of amides is 3. The van der Waals surface area contributed by atoms with Crippen molar-refractivity contribution >= 4 is 35.5 Å². The predicted octanol–water partition coefficient (Wildman–Crippen LogP) is 2.30. The van der Waals surface area contributed by atoms with Crippen molar-refractivity contribution in [1.82, 2.24) is 15.3 Å². The number of nitrogens with one attached hydrogen (secondary N) is 4. The van der Waals surface area contributed by atoms with Gasteiger partial charge in [0.25, 0.3) is 5.91 Å². The van der Waals surface area contributed by atoms with Gasteiger partial charge in [-0.1, -0.05) is 26.8 Å². The van der Waals surface area contributed by atoms with Crippen LogP contribution in [0.25, 0.3) is 0 Å². The number of carbonyl (C=O) groups excluding carboxylic acids is 3. The van der Waals surface area contributed by atoms with E-state index < -0.39 is 30.1 Å². The Morgan fingerprint density at radius 3 is 2.71 bits per heavy atom. The standard InChI is InChI=1S/C23H29N5O7/c1-23(2,3)12-34-22(33)27-15(20(31)32)11-13-4-5-16-14(10-13)26-19(30)17(35-16)6-7-18(29)28-21-24-8-9-25-21/h4-5,8-10,15,17H,6-7,11-12H2,1-3H3,(H,26,30)(H,27,33)(H,31,32)(H2,24,25,28,29)/t15-,17-/m1/s1. The summed E-state index contributed by atoms with van der Waals surface area (Å²) >= 11 is 0. The van der Waals surface area contributed by atoms with E-state index >= 15 is 0 Å². The Morgan fingerprint density at radius 2 is 2.06 bits per heavy atom. The number of anilines is 2. The molecule has 188 valence electrons. The molecule has 3 rings (SSSR count). The van der Waals surface area contributed by atoms with Gasteiger partial charge in [-0.2, -0.15) is 0 Å². The zero-order valence-electron chi connectivity index (χ0n) is 19.7. The molecule has 2 heterocycles. The van der Waals surface area contributed by atoms with Crippen LogP contribution in [0.3, 0.4) is 0 Å². The van der Waals surface area contributed by atoms with E-state index in [1.54, 1.807) is 24.4 Å². The molecule has 0 unspecified atom stereocenters. The van der Waals surface area contributed by atoms with Gasteiger partial charge in [-0.05, 0) is 23.1 Å². The topological polar surface area (TPSA) is 172 Å². The molecule has 12 heteroatoms. The zero-order valence-corrected chi connectivity index (χ0v) is 19.7. The Morgan fingerprint density at radius 1 is 1.29 bits per heavy atom. The Kier molecular flexibility index (Phi) is 7.94. The SMILES string of the molecule is CC(C)(C)COC(=O)N[C@H](Cc1ccc2c(c1)NC(=O)[C@@H](CCC(=O)Nc1ncc[nH]1)O2)C(=O)O. The molecule has 12 nitrogen and oxygen atoms in total. The van der Waals surface area contributed by atoms with Crippen LogP contribution >= 0.6 is 0 Å². The number of nitrogens with zero attached hydrogens (tertiary/aromatic N) is 1. The van der Waals surface area contributed by atoms with Gasteiger partial charge in [-0.25, -0.2) is 14.6 Å². The second kappa shape index (κ2) is 10.9. The van der Waals surface area contributed by atoms with Gasteiger partial charge in [0.15, 0.2) is 6.10 Å². The van der Waals surface area contributed by atoms with Crippen LogP contribution in [0.5, 0.6) is 5.75 Å². The number of H-pyrrole nitrogens is 1. The van der Waals surface area contributed by atoms with Crippen LogP contribution in [0.1, 0.15) is 39.2 Å². The number of rotatable bonds is 9. The van der Waals surface area contributed by atoms with Crippen LogP contribution in [0.15, 0.2) is 30.6 Å². The number of aliphatic carboxylic acids is 1. The molecule has 0 saturated heterocycles. The molecule has 0 radical (unpaired) electrons. The maximum absolute atomic E-state index is 12.5. The summed E-state index contributed by atoms with van der Waals surface area (Å²) in [5.41, 5.74) is 0.684. The summed E-state index contributed by atoms with van der Waals surface area (Å²) < 4.78 is 10.8. The highest BCUT2D eigenvalue weighted by Gasteiger charge is 2.29. The fourth-order valence-electron chi connectivity index (χ4n) is 3.21. The maximum Gasteiger partial charge on any atom is 0.407 e. The molecular formula is C23H29N5O7. The van der Waals surface area contributed by atoms with Crippen LogP contribution in [0.2, 0.25) is 0 Å². The van der Waals surface area contributed by atoms with E-state index in [1.165, 1.54) is 6.20 Å². The molecule has 0 saturated carbocycles. The lowest BCUT2D eigenvalue weighted by Gasteiger charge is -2.26. The van der Waals surface area contributed by atoms with Gasteiger partial charge in [0.2, 0.25) is 11.9 Å². The van der Waals surface area contributed by atoms with Gasteiger partial charge in [-0.15, -0.1) is 0 Å². The minimum Gasteiger partial charge on any atom is -0.480 e. The van der Waals surface area contributed by atoms with E-state index in [2.05, 4.69) is 25.9 Å². The number of imidazole rings is 1. The molecule has 5 N–H and O–H groups in total. The van der Waals surface area contributed by atoms with Crippen LogP contribution < -0.4 is 20.7 Å². The molecule has 2 atom stereocenters. The maximum atomic E-state index is 12.5. The van der Waals surface area contributed by atoms with Crippen molar-refractivity contribution in [1.29, 1.82) is 0 Å². The molecule has 1 aliphatic rings. The molecule has 0 bridgehead atoms. The van der Waals surface area contributed by atoms with Crippen LogP contribution in [0.4, 0.5) is 16.4 Å². The molecule has 1 aromatic carbocycles. The molecule has 2 aromatic rings. The first-order valence-electron chi connectivity index (χ1n) is 11.1. The minimum absolute atomic E-state index is 0.0283. The quantitative estimate of drug-likeness (QED) is 0.358. The molecule has 0 spiro atoms. The summed E-state index contributed by atoms with van der Waals surface area (Å²) in [6, 6.07) is 3.62. The average molecular weight is 488 g/mol. The lowest BCUT2D eigenvalue weighted by atomic mass is 9.99. The van der Waals surface area contributed by atoms with Crippen molar-refractivity contribution in [3.63, 3.8) is 0 Å². The largest absolute Gasteiger partial charge is 0.480 e. The highest BCUT2D eigenvalue weighted by Crippen LogP contribution is 2.32. The number of benzene rings is 1. The minimum atomic E-state index is -1.22. The normalized spacial score (nSPS) is 15.7. The first-order valence-corrected chi connectivity index (χ1v) is 11.1. The predicted molar refractivity (Wildman–Crippen MR) is 125 cm³/mol. The van der Waals surface area contributed by atoms with Gasteiger partial charge >= 0.3 is 12.1 Å². The first-order chi connectivity index (χ1) is 16.5. The van der Waals surface area contributed by atoms with Crippen molar-refractivity contribution < 1.29 is 33.8 Å². The number of hydrogen-bond acceptors (Lipinski definition) is 7. The third kappa shape index (κ3) is 7.73. The van der Waals surface area contributed by atoms with E-state index in [1.807, 2.05) is 20.8 Å².